The third kappa shape index (κ3) is 3.53. The van der Waals surface area contributed by atoms with Gasteiger partial charge in [0.15, 0.2) is 5.82 Å². The van der Waals surface area contributed by atoms with Crippen LogP contribution in [-0.4, -0.2) is 14.5 Å². The van der Waals surface area contributed by atoms with E-state index in [4.69, 9.17) is 9.97 Å². The molecule has 47 heavy (non-hydrogen) atoms. The lowest BCUT2D eigenvalue weighted by atomic mass is 9.99. The van der Waals surface area contributed by atoms with Crippen molar-refractivity contribution < 1.29 is 0 Å². The fourth-order valence-corrected chi connectivity index (χ4v) is 9.98. The summed E-state index contributed by atoms with van der Waals surface area (Å²) in [4.78, 5) is 12.9. The molecule has 218 valence electrons. The maximum Gasteiger partial charge on any atom is 0.160 e. The van der Waals surface area contributed by atoms with Crippen LogP contribution in [0.15, 0.2) is 149 Å². The SMILES string of the molecule is c1cc(-c2nc3c4c(cccc4n2)Sc2ccccc2-3)cc(-n2c3ccccc3c3c4ccccc4c4c5ccccc5sc4c32)c1. The van der Waals surface area contributed by atoms with Crippen LogP contribution in [0.2, 0.25) is 0 Å². The largest absolute Gasteiger partial charge is 0.308 e. The first-order chi connectivity index (χ1) is 23.3. The number of benzene rings is 7. The van der Waals surface area contributed by atoms with Crippen LogP contribution in [0.1, 0.15) is 0 Å². The Labute approximate surface area is 277 Å². The topological polar surface area (TPSA) is 30.7 Å². The number of thiophene rings is 1. The third-order valence-corrected chi connectivity index (χ3v) is 11.9. The van der Waals surface area contributed by atoms with Crippen molar-refractivity contribution in [1.82, 2.24) is 14.5 Å². The molecule has 11 rings (SSSR count). The molecule has 0 spiro atoms. The molecule has 0 bridgehead atoms. The Morgan fingerprint density at radius 3 is 2.17 bits per heavy atom. The number of para-hydroxylation sites is 1. The molecule has 0 amide bonds. The second-order valence-corrected chi connectivity index (χ2v) is 14.3. The molecular weight excluding hydrogens is 611 g/mol. The Bertz CT molecular complexity index is 2950. The number of aromatic nitrogens is 3. The first-order valence-electron chi connectivity index (χ1n) is 15.8. The molecular formula is C42H23N3S2. The van der Waals surface area contributed by atoms with E-state index in [9.17, 15) is 0 Å². The average Bonchev–Trinajstić information content (AvgIpc) is 3.69. The summed E-state index contributed by atoms with van der Waals surface area (Å²) in [5.41, 5.74) is 7.71. The molecule has 0 saturated heterocycles. The Morgan fingerprint density at radius 2 is 1.26 bits per heavy atom. The molecule has 5 heteroatoms. The smallest absolute Gasteiger partial charge is 0.160 e. The summed E-state index contributed by atoms with van der Waals surface area (Å²) >= 11 is 3.69. The highest BCUT2D eigenvalue weighted by Crippen LogP contribution is 2.49. The van der Waals surface area contributed by atoms with E-state index in [2.05, 4.69) is 144 Å². The number of nitrogens with zero attached hydrogens (tertiary/aromatic N) is 3. The van der Waals surface area contributed by atoms with Gasteiger partial charge in [-0.3, -0.25) is 0 Å². The molecule has 10 aromatic rings. The van der Waals surface area contributed by atoms with Gasteiger partial charge in [-0.05, 0) is 53.2 Å². The van der Waals surface area contributed by atoms with E-state index >= 15 is 0 Å². The molecule has 0 radical (unpaired) electrons. The Balaban J connectivity index is 1.23. The van der Waals surface area contributed by atoms with Gasteiger partial charge in [0.2, 0.25) is 0 Å². The van der Waals surface area contributed by atoms with Gasteiger partial charge in [0.25, 0.3) is 0 Å². The Kier molecular flexibility index (Phi) is 5.20. The summed E-state index contributed by atoms with van der Waals surface area (Å²) in [6.07, 6.45) is 0. The van der Waals surface area contributed by atoms with Crippen LogP contribution < -0.4 is 0 Å². The lowest BCUT2D eigenvalue weighted by Crippen LogP contribution is -2.01. The predicted octanol–water partition coefficient (Wildman–Crippen LogP) is 12.0. The van der Waals surface area contributed by atoms with Crippen molar-refractivity contribution >= 4 is 86.8 Å². The first kappa shape index (κ1) is 25.7. The van der Waals surface area contributed by atoms with Crippen LogP contribution in [0.4, 0.5) is 0 Å². The molecule has 0 atom stereocenters. The van der Waals surface area contributed by atoms with Crippen LogP contribution >= 0.6 is 23.1 Å². The minimum atomic E-state index is 0.742. The second-order valence-electron chi connectivity index (χ2n) is 12.1. The van der Waals surface area contributed by atoms with Crippen molar-refractivity contribution in [1.29, 1.82) is 0 Å². The molecule has 4 heterocycles. The molecule has 3 aromatic heterocycles. The fraction of sp³-hybridized carbons (Fsp3) is 0. The molecule has 7 aromatic carbocycles. The first-order valence-corrected chi connectivity index (χ1v) is 17.4. The third-order valence-electron chi connectivity index (χ3n) is 9.56. The highest BCUT2D eigenvalue weighted by atomic mass is 32.2. The summed E-state index contributed by atoms with van der Waals surface area (Å²) in [5, 5.41) is 8.93. The Morgan fingerprint density at radius 1 is 0.532 bits per heavy atom. The quantitative estimate of drug-likeness (QED) is 0.190. The van der Waals surface area contributed by atoms with E-state index in [1.54, 1.807) is 11.8 Å². The van der Waals surface area contributed by atoms with Gasteiger partial charge in [-0.2, -0.15) is 0 Å². The molecule has 3 nitrogen and oxygen atoms in total. The predicted molar refractivity (Wildman–Crippen MR) is 199 cm³/mol. The van der Waals surface area contributed by atoms with Gasteiger partial charge in [0, 0.05) is 58.2 Å². The zero-order valence-electron chi connectivity index (χ0n) is 24.9. The van der Waals surface area contributed by atoms with Crippen LogP contribution in [-0.2, 0) is 0 Å². The highest BCUT2D eigenvalue weighted by Gasteiger charge is 2.24. The van der Waals surface area contributed by atoms with E-state index in [-0.39, 0.29) is 0 Å². The highest BCUT2D eigenvalue weighted by molar-refractivity contribution is 7.99. The molecule has 0 saturated carbocycles. The zero-order valence-corrected chi connectivity index (χ0v) is 26.6. The molecule has 0 N–H and O–H groups in total. The van der Waals surface area contributed by atoms with Gasteiger partial charge < -0.3 is 4.57 Å². The van der Waals surface area contributed by atoms with Crippen LogP contribution in [0.3, 0.4) is 0 Å². The summed E-state index contributed by atoms with van der Waals surface area (Å²) in [6.45, 7) is 0. The normalized spacial score (nSPS) is 12.6. The van der Waals surface area contributed by atoms with Crippen LogP contribution in [0.25, 0.3) is 92.0 Å². The van der Waals surface area contributed by atoms with Gasteiger partial charge in [0.1, 0.15) is 0 Å². The number of fused-ring (bicyclic) bond motifs is 12. The van der Waals surface area contributed by atoms with Crippen molar-refractivity contribution in [2.24, 2.45) is 0 Å². The maximum atomic E-state index is 5.28. The van der Waals surface area contributed by atoms with Crippen LogP contribution in [0, 0.1) is 0 Å². The molecule has 0 aliphatic carbocycles. The minimum Gasteiger partial charge on any atom is -0.308 e. The van der Waals surface area contributed by atoms with Crippen molar-refractivity contribution in [3.8, 4) is 28.3 Å². The van der Waals surface area contributed by atoms with E-state index in [0.717, 1.165) is 33.7 Å². The lowest BCUT2D eigenvalue weighted by Gasteiger charge is -2.19. The zero-order chi connectivity index (χ0) is 30.6. The van der Waals surface area contributed by atoms with E-state index < -0.39 is 0 Å². The number of rotatable bonds is 2. The van der Waals surface area contributed by atoms with Gasteiger partial charge in [0.05, 0.1) is 26.9 Å². The molecule has 1 aliphatic rings. The lowest BCUT2D eigenvalue weighted by molar-refractivity contribution is 1.17. The van der Waals surface area contributed by atoms with Gasteiger partial charge in [-0.25, -0.2) is 9.97 Å². The van der Waals surface area contributed by atoms with Crippen molar-refractivity contribution in [3.63, 3.8) is 0 Å². The van der Waals surface area contributed by atoms with Gasteiger partial charge in [-0.15, -0.1) is 11.3 Å². The Hall–Kier alpha value is -5.49. The van der Waals surface area contributed by atoms with E-state index in [0.29, 0.717) is 0 Å². The maximum absolute atomic E-state index is 5.28. The monoisotopic (exact) mass is 633 g/mol. The van der Waals surface area contributed by atoms with Crippen molar-refractivity contribution in [2.75, 3.05) is 0 Å². The fourth-order valence-electron chi connectivity index (χ4n) is 7.61. The van der Waals surface area contributed by atoms with Crippen molar-refractivity contribution in [3.05, 3.63) is 140 Å². The van der Waals surface area contributed by atoms with E-state index in [1.807, 2.05) is 11.3 Å². The second kappa shape index (κ2) is 9.52. The summed E-state index contributed by atoms with van der Waals surface area (Å²) in [7, 11) is 0. The number of hydrogen-bond acceptors (Lipinski definition) is 4. The van der Waals surface area contributed by atoms with Crippen LogP contribution in [0.5, 0.6) is 0 Å². The van der Waals surface area contributed by atoms with Gasteiger partial charge in [-0.1, -0.05) is 109 Å². The summed E-state index contributed by atoms with van der Waals surface area (Å²) in [5.74, 6) is 0.742. The standard InChI is InChI=1S/C42H23N3S2/c1-2-14-27-26(13-1)36-28-15-3-6-19-32(28)45(40(36)41-37(27)29-16-4-7-20-33(29)47-41)25-12-9-11-24(23-25)42-43-31-18-10-22-35-38(31)39(44-42)30-17-5-8-21-34(30)46-35/h1-23H. The summed E-state index contributed by atoms with van der Waals surface area (Å²) < 4.78 is 5.09. The minimum absolute atomic E-state index is 0.742. The molecule has 0 unspecified atom stereocenters. The van der Waals surface area contributed by atoms with Crippen molar-refractivity contribution in [2.45, 2.75) is 9.79 Å². The van der Waals surface area contributed by atoms with Gasteiger partial charge >= 0.3 is 0 Å². The van der Waals surface area contributed by atoms with E-state index in [1.165, 1.54) is 68.1 Å². The summed E-state index contributed by atoms with van der Waals surface area (Å²) in [6, 6.07) is 50.3. The average molecular weight is 634 g/mol. The molecule has 1 aliphatic heterocycles. The number of hydrogen-bond donors (Lipinski definition) is 0. The molecule has 0 fully saturated rings.